The van der Waals surface area contributed by atoms with Crippen LogP contribution in [0.5, 0.6) is 0 Å². The van der Waals surface area contributed by atoms with E-state index < -0.39 is 20.5 Å². The van der Waals surface area contributed by atoms with Gasteiger partial charge in [-0.2, -0.15) is 0 Å². The quantitative estimate of drug-likeness (QED) is 0.730. The van der Waals surface area contributed by atoms with Gasteiger partial charge >= 0.3 is 8.25 Å². The Bertz CT molecular complexity index is 529. The summed E-state index contributed by atoms with van der Waals surface area (Å²) in [7, 11) is -2.33. The van der Waals surface area contributed by atoms with Gasteiger partial charge in [0.1, 0.15) is 0 Å². The fraction of sp³-hybridized carbons (Fsp3) is 0.250. The summed E-state index contributed by atoms with van der Waals surface area (Å²) in [5.74, 6) is 0. The molecular formula is C16H20N2O3P+. The fourth-order valence-electron chi connectivity index (χ4n) is 2.05. The highest BCUT2D eigenvalue weighted by Crippen LogP contribution is 2.37. The molecule has 0 radical (unpaired) electrons. The largest absolute Gasteiger partial charge is 0.698 e. The summed E-state index contributed by atoms with van der Waals surface area (Å²) in [6, 6.07) is 18.8. The van der Waals surface area contributed by atoms with Crippen LogP contribution in [0.3, 0.4) is 0 Å². The highest BCUT2D eigenvalue weighted by atomic mass is 31.1. The van der Waals surface area contributed by atoms with E-state index >= 15 is 0 Å². The second-order valence-electron chi connectivity index (χ2n) is 4.70. The lowest BCUT2D eigenvalue weighted by atomic mass is 10.1. The molecule has 2 aromatic rings. The Morgan fingerprint density at radius 1 is 0.773 bits per heavy atom. The molecule has 0 spiro atoms. The van der Waals surface area contributed by atoms with E-state index in [1.807, 2.05) is 60.7 Å². The van der Waals surface area contributed by atoms with Gasteiger partial charge in [0.2, 0.25) is 0 Å². The summed E-state index contributed by atoms with van der Waals surface area (Å²) in [6.07, 6.45) is -0.946. The molecule has 0 aromatic heterocycles. The van der Waals surface area contributed by atoms with Crippen LogP contribution in [0.25, 0.3) is 0 Å². The van der Waals surface area contributed by atoms with Gasteiger partial charge in [0, 0.05) is 17.7 Å². The molecule has 0 fully saturated rings. The van der Waals surface area contributed by atoms with Crippen molar-refractivity contribution < 1.29 is 13.6 Å². The molecule has 0 amide bonds. The third kappa shape index (κ3) is 4.70. The first-order valence-corrected chi connectivity index (χ1v) is 8.15. The summed E-state index contributed by atoms with van der Waals surface area (Å²) in [5, 5.41) is 0. The molecule has 6 heteroatoms. The van der Waals surface area contributed by atoms with Gasteiger partial charge in [-0.1, -0.05) is 60.7 Å². The molecule has 0 aliphatic rings. The standard InChI is InChI=1S/C16H20N2O3P/c17-11-15(13-7-3-1-4-8-13)20-22(19)21-16(12-18)14-9-5-2-6-10-14/h1-10,15-16H,11-12,17-18H2/q+1. The van der Waals surface area contributed by atoms with Crippen molar-refractivity contribution in [1.82, 2.24) is 0 Å². The van der Waals surface area contributed by atoms with Crippen molar-refractivity contribution in [1.29, 1.82) is 0 Å². The molecule has 0 saturated carbocycles. The Hall–Kier alpha value is -1.62. The van der Waals surface area contributed by atoms with E-state index in [2.05, 4.69) is 0 Å². The van der Waals surface area contributed by atoms with Gasteiger partial charge in [0.05, 0.1) is 0 Å². The lowest BCUT2D eigenvalue weighted by Gasteiger charge is -2.11. The molecule has 2 unspecified atom stereocenters. The maximum absolute atomic E-state index is 12.1. The minimum atomic E-state index is -2.33. The van der Waals surface area contributed by atoms with Gasteiger partial charge in [-0.25, -0.2) is 0 Å². The molecule has 116 valence electrons. The molecule has 5 nitrogen and oxygen atoms in total. The van der Waals surface area contributed by atoms with Crippen molar-refractivity contribution in [2.75, 3.05) is 13.1 Å². The predicted octanol–water partition coefficient (Wildman–Crippen LogP) is 3.08. The van der Waals surface area contributed by atoms with Crippen LogP contribution in [0.15, 0.2) is 60.7 Å². The Morgan fingerprint density at radius 2 is 1.14 bits per heavy atom. The Kier molecular flexibility index (Phi) is 6.65. The topological polar surface area (TPSA) is 87.6 Å². The molecule has 0 aliphatic carbocycles. The van der Waals surface area contributed by atoms with Crippen LogP contribution in [0.1, 0.15) is 23.3 Å². The number of hydrogen-bond acceptors (Lipinski definition) is 5. The molecule has 0 saturated heterocycles. The third-order valence-corrected chi connectivity index (χ3v) is 4.05. The first kappa shape index (κ1) is 16.7. The summed E-state index contributed by atoms with van der Waals surface area (Å²) in [5.41, 5.74) is 13.1. The highest BCUT2D eigenvalue weighted by molar-refractivity contribution is 7.33. The van der Waals surface area contributed by atoms with Gasteiger partial charge in [0.15, 0.2) is 12.2 Å². The molecule has 4 N–H and O–H groups in total. The van der Waals surface area contributed by atoms with Gasteiger partial charge in [-0.15, -0.1) is 9.05 Å². The zero-order valence-electron chi connectivity index (χ0n) is 12.2. The number of benzene rings is 2. The van der Waals surface area contributed by atoms with Gasteiger partial charge in [-0.05, 0) is 11.1 Å². The first-order valence-electron chi connectivity index (χ1n) is 7.05. The normalized spacial score (nSPS) is 14.4. The zero-order chi connectivity index (χ0) is 15.8. The van der Waals surface area contributed by atoms with Crippen molar-refractivity contribution in [3.63, 3.8) is 0 Å². The summed E-state index contributed by atoms with van der Waals surface area (Å²) in [6.45, 7) is 0.431. The first-order chi connectivity index (χ1) is 10.7. The highest BCUT2D eigenvalue weighted by Gasteiger charge is 2.32. The van der Waals surface area contributed by atoms with Crippen LogP contribution in [-0.2, 0) is 13.6 Å². The summed E-state index contributed by atoms with van der Waals surface area (Å²) in [4.78, 5) is 0. The molecule has 0 bridgehead atoms. The maximum Gasteiger partial charge on any atom is 0.698 e. The van der Waals surface area contributed by atoms with Crippen LogP contribution in [0.4, 0.5) is 0 Å². The lowest BCUT2D eigenvalue weighted by Crippen LogP contribution is -2.16. The number of rotatable bonds is 8. The SMILES string of the molecule is NCC(O[P+](=O)OC(CN)c1ccccc1)c1ccccc1. The van der Waals surface area contributed by atoms with Crippen LogP contribution in [-0.4, -0.2) is 13.1 Å². The molecule has 22 heavy (non-hydrogen) atoms. The Balaban J connectivity index is 1.99. The average molecular weight is 319 g/mol. The van der Waals surface area contributed by atoms with E-state index in [1.54, 1.807) is 0 Å². The monoisotopic (exact) mass is 319 g/mol. The van der Waals surface area contributed by atoms with E-state index in [0.717, 1.165) is 11.1 Å². The zero-order valence-corrected chi connectivity index (χ0v) is 13.1. The molecule has 2 rings (SSSR count). The van der Waals surface area contributed by atoms with Crippen molar-refractivity contribution in [2.24, 2.45) is 11.5 Å². The minimum Gasteiger partial charge on any atom is -0.328 e. The molecule has 0 aliphatic heterocycles. The smallest absolute Gasteiger partial charge is 0.328 e. The fourth-order valence-corrected chi connectivity index (χ4v) is 2.93. The van der Waals surface area contributed by atoms with Crippen molar-refractivity contribution >= 4 is 8.25 Å². The van der Waals surface area contributed by atoms with Crippen molar-refractivity contribution in [2.45, 2.75) is 12.2 Å². The van der Waals surface area contributed by atoms with E-state index in [1.165, 1.54) is 0 Å². The molecule has 0 heterocycles. The summed E-state index contributed by atoms with van der Waals surface area (Å²) >= 11 is 0. The number of hydrogen-bond donors (Lipinski definition) is 2. The second kappa shape index (κ2) is 8.73. The van der Waals surface area contributed by atoms with Gasteiger partial charge in [-0.3, -0.25) is 0 Å². The van der Waals surface area contributed by atoms with E-state index in [0.29, 0.717) is 0 Å². The van der Waals surface area contributed by atoms with E-state index in [9.17, 15) is 4.57 Å². The second-order valence-corrected chi connectivity index (χ2v) is 5.57. The molecule has 2 aromatic carbocycles. The van der Waals surface area contributed by atoms with Crippen LogP contribution in [0.2, 0.25) is 0 Å². The van der Waals surface area contributed by atoms with Gasteiger partial charge in [0.25, 0.3) is 0 Å². The van der Waals surface area contributed by atoms with Crippen LogP contribution >= 0.6 is 8.25 Å². The number of nitrogens with two attached hydrogens (primary N) is 2. The van der Waals surface area contributed by atoms with Crippen molar-refractivity contribution in [3.05, 3.63) is 71.8 Å². The average Bonchev–Trinajstić information content (AvgIpc) is 2.59. The molecular weight excluding hydrogens is 299 g/mol. The summed E-state index contributed by atoms with van der Waals surface area (Å²) < 4.78 is 23.0. The lowest BCUT2D eigenvalue weighted by molar-refractivity contribution is 0.136. The van der Waals surface area contributed by atoms with Crippen LogP contribution < -0.4 is 11.5 Å². The Labute approximate surface area is 131 Å². The maximum atomic E-state index is 12.1. The molecule has 2 atom stereocenters. The van der Waals surface area contributed by atoms with Gasteiger partial charge < -0.3 is 11.5 Å². The third-order valence-electron chi connectivity index (χ3n) is 3.20. The minimum absolute atomic E-state index is 0.215. The van der Waals surface area contributed by atoms with Crippen molar-refractivity contribution in [3.8, 4) is 0 Å². The van der Waals surface area contributed by atoms with E-state index in [4.69, 9.17) is 20.5 Å². The van der Waals surface area contributed by atoms with Crippen LogP contribution in [0, 0.1) is 0 Å². The van der Waals surface area contributed by atoms with E-state index in [-0.39, 0.29) is 13.1 Å². The Morgan fingerprint density at radius 3 is 1.45 bits per heavy atom. The predicted molar refractivity (Wildman–Crippen MR) is 86.3 cm³/mol.